The van der Waals surface area contributed by atoms with Gasteiger partial charge in [-0.2, -0.15) is 0 Å². The highest BCUT2D eigenvalue weighted by Crippen LogP contribution is 2.38. The van der Waals surface area contributed by atoms with Crippen molar-refractivity contribution in [2.45, 2.75) is 74.5 Å². The van der Waals surface area contributed by atoms with E-state index in [1.54, 1.807) is 21.6 Å². The molecule has 2 unspecified atom stereocenters. The minimum Gasteiger partial charge on any atom is -0.336 e. The van der Waals surface area contributed by atoms with Gasteiger partial charge < -0.3 is 31.9 Å². The van der Waals surface area contributed by atoms with Crippen LogP contribution in [0.4, 0.5) is 0 Å². The first-order valence-corrected chi connectivity index (χ1v) is 14.8. The maximum atomic E-state index is 13.1. The first-order valence-electron chi connectivity index (χ1n) is 12.3. The molecule has 4 aliphatic heterocycles. The Morgan fingerprint density at radius 1 is 0.719 bits per heavy atom. The lowest BCUT2D eigenvalue weighted by molar-refractivity contribution is -0.138. The van der Waals surface area contributed by atoms with Gasteiger partial charge in [-0.25, -0.2) is 0 Å². The van der Waals surface area contributed by atoms with Crippen molar-refractivity contribution in [1.29, 1.82) is 0 Å². The molecule has 2 atom stereocenters. The Hall–Kier alpha value is -0.520. The van der Waals surface area contributed by atoms with Crippen LogP contribution in [0, 0.1) is 0 Å². The van der Waals surface area contributed by atoms with Gasteiger partial charge >= 0.3 is 0 Å². The van der Waals surface area contributed by atoms with E-state index in [-0.39, 0.29) is 22.9 Å². The van der Waals surface area contributed by atoms with E-state index in [0.717, 1.165) is 90.6 Å². The van der Waals surface area contributed by atoms with Gasteiger partial charge in [-0.1, -0.05) is 21.6 Å². The Morgan fingerprint density at radius 2 is 1.09 bits per heavy atom. The summed E-state index contributed by atoms with van der Waals surface area (Å²) in [5.74, 6) is 1.27. The summed E-state index contributed by atoms with van der Waals surface area (Å²) in [6.07, 6.45) is 8.45. The molecule has 0 radical (unpaired) electrons. The quantitative estimate of drug-likeness (QED) is 0.305. The molecule has 2 spiro atoms. The van der Waals surface area contributed by atoms with Crippen LogP contribution in [0.1, 0.15) is 51.4 Å². The molecule has 0 saturated carbocycles. The van der Waals surface area contributed by atoms with Gasteiger partial charge in [0.05, 0.1) is 12.1 Å². The highest BCUT2D eigenvalue weighted by molar-refractivity contribution is 8.76. The number of amides is 2. The number of carbonyl (C=O) groups is 2. The van der Waals surface area contributed by atoms with Crippen molar-refractivity contribution in [2.75, 3.05) is 50.8 Å². The predicted molar refractivity (Wildman–Crippen MR) is 132 cm³/mol. The summed E-state index contributed by atoms with van der Waals surface area (Å²) in [6.45, 7) is 5.57. The van der Waals surface area contributed by atoms with E-state index in [0.29, 0.717) is 11.5 Å². The zero-order valence-corrected chi connectivity index (χ0v) is 20.8. The molecule has 6 N–H and O–H groups in total. The maximum absolute atomic E-state index is 13.1. The van der Waals surface area contributed by atoms with Gasteiger partial charge in [0.15, 0.2) is 0 Å². The van der Waals surface area contributed by atoms with Gasteiger partial charge in [-0.15, -0.1) is 0 Å². The molecule has 4 fully saturated rings. The van der Waals surface area contributed by atoms with E-state index >= 15 is 0 Å². The lowest BCUT2D eigenvalue weighted by Crippen LogP contribution is -2.57. The molecule has 182 valence electrons. The fourth-order valence-electron chi connectivity index (χ4n) is 6.17. The molecule has 0 aliphatic carbocycles. The van der Waals surface area contributed by atoms with Crippen molar-refractivity contribution in [1.82, 2.24) is 20.4 Å². The molecular weight excluding hydrogens is 444 g/mol. The first kappa shape index (κ1) is 24.6. The number of hydrogen-bond acceptors (Lipinski definition) is 8. The summed E-state index contributed by atoms with van der Waals surface area (Å²) < 4.78 is 0. The highest BCUT2D eigenvalue weighted by atomic mass is 33.1. The number of nitrogens with zero attached hydrogens (tertiary/aromatic N) is 2. The lowest BCUT2D eigenvalue weighted by atomic mass is 9.85. The average Bonchev–Trinajstić information content (AvgIpc) is 3.40. The van der Waals surface area contributed by atoms with Gasteiger partial charge in [0, 0.05) is 35.7 Å². The average molecular weight is 485 g/mol. The molecule has 0 aromatic rings. The number of nitrogens with two attached hydrogens (primary N) is 2. The van der Waals surface area contributed by atoms with E-state index in [1.807, 2.05) is 0 Å². The molecule has 0 aromatic heterocycles. The number of nitrogens with one attached hydrogen (secondary N) is 2. The van der Waals surface area contributed by atoms with Crippen molar-refractivity contribution in [3.05, 3.63) is 0 Å². The third kappa shape index (κ3) is 5.10. The third-order valence-electron chi connectivity index (χ3n) is 8.01. The van der Waals surface area contributed by atoms with Crippen LogP contribution in [-0.4, -0.2) is 95.5 Å². The number of likely N-dealkylation sites (tertiary alicyclic amines) is 2. The molecule has 2 amide bonds. The van der Waals surface area contributed by atoms with Crippen molar-refractivity contribution in [3.63, 3.8) is 0 Å². The van der Waals surface area contributed by atoms with Crippen LogP contribution >= 0.6 is 21.6 Å². The van der Waals surface area contributed by atoms with Crippen molar-refractivity contribution >= 4 is 33.4 Å². The summed E-state index contributed by atoms with van der Waals surface area (Å²) in [6, 6.07) is -0.998. The molecule has 32 heavy (non-hydrogen) atoms. The molecule has 4 saturated heterocycles. The van der Waals surface area contributed by atoms with Crippen LogP contribution in [0.15, 0.2) is 0 Å². The van der Waals surface area contributed by atoms with Crippen LogP contribution < -0.4 is 22.1 Å². The van der Waals surface area contributed by atoms with E-state index in [9.17, 15) is 9.59 Å². The SMILES string of the molecule is NC(CSSCC(N)C(=O)N1CCCC12CCNCC2)C(=O)N1CCCC12CCNCC2. The first-order chi connectivity index (χ1) is 15.5. The number of piperidine rings is 2. The number of rotatable bonds is 7. The molecule has 4 rings (SSSR count). The number of carbonyl (C=O) groups excluding carboxylic acids is 2. The Bertz CT molecular complexity index is 613. The lowest BCUT2D eigenvalue weighted by Gasteiger charge is -2.43. The van der Waals surface area contributed by atoms with E-state index in [1.165, 1.54) is 0 Å². The third-order valence-corrected chi connectivity index (χ3v) is 10.5. The summed E-state index contributed by atoms with van der Waals surface area (Å²) in [5.41, 5.74) is 12.6. The molecule has 8 nitrogen and oxygen atoms in total. The smallest absolute Gasteiger partial charge is 0.240 e. The van der Waals surface area contributed by atoms with Crippen LogP contribution in [0.3, 0.4) is 0 Å². The minimum atomic E-state index is -0.499. The highest BCUT2D eigenvalue weighted by Gasteiger charge is 2.46. The molecule has 0 aromatic carbocycles. The molecular formula is C22H40N6O2S2. The van der Waals surface area contributed by atoms with Crippen LogP contribution in [0.5, 0.6) is 0 Å². The molecule has 0 bridgehead atoms. The largest absolute Gasteiger partial charge is 0.336 e. The topological polar surface area (TPSA) is 117 Å². The second-order valence-electron chi connectivity index (χ2n) is 9.92. The van der Waals surface area contributed by atoms with Crippen molar-refractivity contribution < 1.29 is 9.59 Å². The fourth-order valence-corrected chi connectivity index (χ4v) is 8.40. The van der Waals surface area contributed by atoms with Gasteiger partial charge in [-0.3, -0.25) is 9.59 Å². The predicted octanol–water partition coefficient (Wildman–Crippen LogP) is 0.512. The summed E-state index contributed by atoms with van der Waals surface area (Å²) in [4.78, 5) is 30.3. The maximum Gasteiger partial charge on any atom is 0.240 e. The Kier molecular flexibility index (Phi) is 8.32. The molecule has 10 heteroatoms. The normalized spacial score (nSPS) is 26.6. The summed E-state index contributed by atoms with van der Waals surface area (Å²) in [5, 5.41) is 6.81. The summed E-state index contributed by atoms with van der Waals surface area (Å²) in [7, 11) is 3.14. The second kappa shape index (κ2) is 10.8. The van der Waals surface area contributed by atoms with Crippen molar-refractivity contribution in [2.24, 2.45) is 11.5 Å². The second-order valence-corrected chi connectivity index (χ2v) is 12.5. The van der Waals surface area contributed by atoms with Gasteiger partial charge in [0.2, 0.25) is 11.8 Å². The standard InChI is InChI=1S/C22H40N6O2S2/c23-17(19(29)27-13-1-3-21(27)5-9-25-10-6-21)15-31-32-16-18(24)20(30)28-14-2-4-22(28)7-11-26-12-8-22/h17-18,25-26H,1-16,23-24H2. The molecule has 4 heterocycles. The zero-order valence-electron chi connectivity index (χ0n) is 19.2. The minimum absolute atomic E-state index is 0.0207. The Balaban J connectivity index is 1.21. The summed E-state index contributed by atoms with van der Waals surface area (Å²) >= 11 is 0. The molecule has 4 aliphatic rings. The Morgan fingerprint density at radius 3 is 1.47 bits per heavy atom. The number of hydrogen-bond donors (Lipinski definition) is 4. The van der Waals surface area contributed by atoms with Gasteiger partial charge in [-0.05, 0) is 77.5 Å². The van der Waals surface area contributed by atoms with Crippen LogP contribution in [0.2, 0.25) is 0 Å². The van der Waals surface area contributed by atoms with E-state index < -0.39 is 12.1 Å². The van der Waals surface area contributed by atoms with E-state index in [4.69, 9.17) is 11.5 Å². The van der Waals surface area contributed by atoms with Gasteiger partial charge in [0.1, 0.15) is 0 Å². The van der Waals surface area contributed by atoms with Crippen LogP contribution in [-0.2, 0) is 9.59 Å². The van der Waals surface area contributed by atoms with Gasteiger partial charge in [0.25, 0.3) is 0 Å². The van der Waals surface area contributed by atoms with Crippen molar-refractivity contribution in [3.8, 4) is 0 Å². The fraction of sp³-hybridized carbons (Fsp3) is 0.909. The van der Waals surface area contributed by atoms with Crippen LogP contribution in [0.25, 0.3) is 0 Å². The monoisotopic (exact) mass is 484 g/mol. The zero-order chi connectivity index (χ0) is 22.6. The Labute approximate surface area is 200 Å². The van der Waals surface area contributed by atoms with E-state index in [2.05, 4.69) is 20.4 Å².